The lowest BCUT2D eigenvalue weighted by Gasteiger charge is -2.19. The first-order valence-electron chi connectivity index (χ1n) is 10.4. The SMILES string of the molecule is CC(=O)c1ccccc1NC(=O)C(C)OC(=O)c1ccc(S(=O)(=O)N(C)c2ccccc2)cc1. The predicted octanol–water partition coefficient (Wildman–Crippen LogP) is 3.90. The summed E-state index contributed by atoms with van der Waals surface area (Å²) in [4.78, 5) is 36.7. The summed E-state index contributed by atoms with van der Waals surface area (Å²) in [6.45, 7) is 2.78. The third kappa shape index (κ3) is 5.49. The molecule has 9 heteroatoms. The summed E-state index contributed by atoms with van der Waals surface area (Å²) in [5, 5.41) is 2.58. The fourth-order valence-corrected chi connectivity index (χ4v) is 4.31. The van der Waals surface area contributed by atoms with Gasteiger partial charge in [0, 0.05) is 12.6 Å². The lowest BCUT2D eigenvalue weighted by Crippen LogP contribution is -2.30. The second kappa shape index (κ2) is 10.3. The molecule has 0 aliphatic rings. The number of hydrogen-bond acceptors (Lipinski definition) is 6. The highest BCUT2D eigenvalue weighted by Gasteiger charge is 2.23. The molecule has 0 bridgehead atoms. The highest BCUT2D eigenvalue weighted by atomic mass is 32.2. The summed E-state index contributed by atoms with van der Waals surface area (Å²) < 4.78 is 32.1. The number of carbonyl (C=O) groups excluding carboxylic acids is 3. The van der Waals surface area contributed by atoms with Crippen molar-refractivity contribution in [1.29, 1.82) is 0 Å². The molecule has 0 saturated carbocycles. The van der Waals surface area contributed by atoms with Gasteiger partial charge < -0.3 is 10.1 Å². The maximum absolute atomic E-state index is 12.9. The molecule has 3 rings (SSSR count). The van der Waals surface area contributed by atoms with E-state index in [0.29, 0.717) is 16.9 Å². The maximum atomic E-state index is 12.9. The van der Waals surface area contributed by atoms with Crippen LogP contribution >= 0.6 is 0 Å². The molecular weight excluding hydrogens is 456 g/mol. The van der Waals surface area contributed by atoms with E-state index in [4.69, 9.17) is 4.74 Å². The molecule has 1 N–H and O–H groups in total. The van der Waals surface area contributed by atoms with E-state index in [1.807, 2.05) is 0 Å². The van der Waals surface area contributed by atoms with Gasteiger partial charge in [-0.1, -0.05) is 30.3 Å². The van der Waals surface area contributed by atoms with Gasteiger partial charge in [0.05, 0.1) is 21.8 Å². The number of esters is 1. The fourth-order valence-electron chi connectivity index (χ4n) is 3.11. The van der Waals surface area contributed by atoms with E-state index < -0.39 is 28.0 Å². The second-order valence-electron chi connectivity index (χ2n) is 7.47. The normalized spacial score (nSPS) is 11.9. The van der Waals surface area contributed by atoms with Gasteiger partial charge in [0.2, 0.25) is 0 Å². The minimum Gasteiger partial charge on any atom is -0.449 e. The number of para-hydroxylation sites is 2. The van der Waals surface area contributed by atoms with Gasteiger partial charge >= 0.3 is 5.97 Å². The average Bonchev–Trinajstić information content (AvgIpc) is 2.84. The zero-order valence-electron chi connectivity index (χ0n) is 18.9. The van der Waals surface area contributed by atoms with E-state index in [1.54, 1.807) is 54.6 Å². The molecule has 0 fully saturated rings. The number of carbonyl (C=O) groups is 3. The van der Waals surface area contributed by atoms with Crippen molar-refractivity contribution < 1.29 is 27.5 Å². The maximum Gasteiger partial charge on any atom is 0.338 e. The van der Waals surface area contributed by atoms with E-state index in [1.165, 1.54) is 45.2 Å². The molecule has 176 valence electrons. The Morgan fingerprint density at radius 3 is 2.09 bits per heavy atom. The van der Waals surface area contributed by atoms with Crippen LogP contribution in [0.3, 0.4) is 0 Å². The number of amides is 1. The minimum atomic E-state index is -3.83. The molecule has 0 heterocycles. The van der Waals surface area contributed by atoms with Crippen molar-refractivity contribution in [2.24, 2.45) is 0 Å². The fraction of sp³-hybridized carbons (Fsp3) is 0.160. The van der Waals surface area contributed by atoms with Crippen LogP contribution in [0.5, 0.6) is 0 Å². The van der Waals surface area contributed by atoms with Gasteiger partial charge in [0.15, 0.2) is 11.9 Å². The Hall–Kier alpha value is -3.98. The molecule has 34 heavy (non-hydrogen) atoms. The van der Waals surface area contributed by atoms with Crippen molar-refractivity contribution in [2.75, 3.05) is 16.7 Å². The molecule has 0 aromatic heterocycles. The highest BCUT2D eigenvalue weighted by Crippen LogP contribution is 2.22. The van der Waals surface area contributed by atoms with Crippen molar-refractivity contribution >= 4 is 39.1 Å². The highest BCUT2D eigenvalue weighted by molar-refractivity contribution is 7.92. The summed E-state index contributed by atoms with van der Waals surface area (Å²) in [7, 11) is -2.39. The largest absolute Gasteiger partial charge is 0.449 e. The average molecular weight is 481 g/mol. The van der Waals surface area contributed by atoms with Crippen LogP contribution in [0.4, 0.5) is 11.4 Å². The summed E-state index contributed by atoms with van der Waals surface area (Å²) in [6, 6.07) is 20.4. The van der Waals surface area contributed by atoms with Crippen molar-refractivity contribution in [2.45, 2.75) is 24.8 Å². The van der Waals surface area contributed by atoms with Gasteiger partial charge in [-0.15, -0.1) is 0 Å². The van der Waals surface area contributed by atoms with Crippen LogP contribution in [0.15, 0.2) is 83.8 Å². The molecule has 1 unspecified atom stereocenters. The molecule has 0 aliphatic carbocycles. The topological polar surface area (TPSA) is 110 Å². The smallest absolute Gasteiger partial charge is 0.338 e. The molecule has 3 aromatic rings. The molecule has 3 aromatic carbocycles. The van der Waals surface area contributed by atoms with Crippen LogP contribution in [-0.4, -0.2) is 39.2 Å². The predicted molar refractivity (Wildman–Crippen MR) is 128 cm³/mol. The Balaban J connectivity index is 1.68. The van der Waals surface area contributed by atoms with Crippen molar-refractivity contribution in [3.05, 3.63) is 90.0 Å². The van der Waals surface area contributed by atoms with Crippen molar-refractivity contribution in [3.63, 3.8) is 0 Å². The number of sulfonamides is 1. The van der Waals surface area contributed by atoms with Gasteiger partial charge in [-0.25, -0.2) is 13.2 Å². The third-order valence-electron chi connectivity index (χ3n) is 5.09. The standard InChI is InChI=1S/C25H24N2O6S/c1-17(28)22-11-7-8-12-23(22)26-24(29)18(2)33-25(30)19-13-15-21(16-14-19)34(31,32)27(3)20-9-5-4-6-10-20/h4-16,18H,1-3H3,(H,26,29). The number of nitrogens with zero attached hydrogens (tertiary/aromatic N) is 1. The Labute approximate surface area is 198 Å². The first-order valence-corrected chi connectivity index (χ1v) is 11.8. The van der Waals surface area contributed by atoms with Gasteiger partial charge in [-0.05, 0) is 62.4 Å². The van der Waals surface area contributed by atoms with Crippen LogP contribution in [0.25, 0.3) is 0 Å². The van der Waals surface area contributed by atoms with Crippen LogP contribution < -0.4 is 9.62 Å². The van der Waals surface area contributed by atoms with Gasteiger partial charge in [0.1, 0.15) is 0 Å². The van der Waals surface area contributed by atoms with E-state index in [0.717, 1.165) is 4.31 Å². The Kier molecular flexibility index (Phi) is 7.47. The van der Waals surface area contributed by atoms with E-state index >= 15 is 0 Å². The zero-order chi connectivity index (χ0) is 24.9. The molecular formula is C25H24N2O6S. The Morgan fingerprint density at radius 1 is 0.882 bits per heavy atom. The minimum absolute atomic E-state index is 0.00188. The van der Waals surface area contributed by atoms with Gasteiger partial charge in [0.25, 0.3) is 15.9 Å². The first-order chi connectivity index (χ1) is 16.1. The molecule has 1 amide bonds. The molecule has 0 saturated heterocycles. The molecule has 0 radical (unpaired) electrons. The lowest BCUT2D eigenvalue weighted by molar-refractivity contribution is -0.123. The molecule has 1 atom stereocenters. The number of nitrogens with one attached hydrogen (secondary N) is 1. The number of rotatable bonds is 8. The van der Waals surface area contributed by atoms with Crippen LogP contribution in [0.1, 0.15) is 34.6 Å². The lowest BCUT2D eigenvalue weighted by atomic mass is 10.1. The van der Waals surface area contributed by atoms with Gasteiger partial charge in [-0.2, -0.15) is 0 Å². The monoisotopic (exact) mass is 480 g/mol. The summed E-state index contributed by atoms with van der Waals surface area (Å²) in [6.07, 6.45) is -1.15. The summed E-state index contributed by atoms with van der Waals surface area (Å²) in [5.41, 5.74) is 1.24. The zero-order valence-corrected chi connectivity index (χ0v) is 19.7. The van der Waals surface area contributed by atoms with Gasteiger partial charge in [-0.3, -0.25) is 13.9 Å². The summed E-state index contributed by atoms with van der Waals surface area (Å²) >= 11 is 0. The molecule has 0 spiro atoms. The second-order valence-corrected chi connectivity index (χ2v) is 9.44. The van der Waals surface area contributed by atoms with Crippen LogP contribution in [0, 0.1) is 0 Å². The molecule has 8 nitrogen and oxygen atoms in total. The number of anilines is 2. The van der Waals surface area contributed by atoms with E-state index in [-0.39, 0.29) is 16.2 Å². The van der Waals surface area contributed by atoms with Crippen molar-refractivity contribution in [1.82, 2.24) is 0 Å². The third-order valence-corrected chi connectivity index (χ3v) is 6.89. The number of ether oxygens (including phenoxy) is 1. The number of hydrogen-bond donors (Lipinski definition) is 1. The Bertz CT molecular complexity index is 1300. The van der Waals surface area contributed by atoms with E-state index in [9.17, 15) is 22.8 Å². The quantitative estimate of drug-likeness (QED) is 0.387. The molecule has 0 aliphatic heterocycles. The van der Waals surface area contributed by atoms with Crippen LogP contribution in [0.2, 0.25) is 0 Å². The summed E-state index contributed by atoms with van der Waals surface area (Å²) in [5.74, 6) is -1.61. The Morgan fingerprint density at radius 2 is 1.47 bits per heavy atom. The van der Waals surface area contributed by atoms with Crippen LogP contribution in [-0.2, 0) is 19.6 Å². The van der Waals surface area contributed by atoms with Crippen molar-refractivity contribution in [3.8, 4) is 0 Å². The van der Waals surface area contributed by atoms with E-state index in [2.05, 4.69) is 5.32 Å². The number of Topliss-reactive ketones (excluding diaryl/α,β-unsaturated/α-hetero) is 1. The first kappa shape index (κ1) is 24.7. The number of ketones is 1. The number of benzene rings is 3.